The number of pyridine rings is 1. The van der Waals surface area contributed by atoms with Gasteiger partial charge in [-0.2, -0.15) is 4.98 Å². The standard InChI is InChI=1S/C13H21N3O3/c1-3-18-12-10(14)4-5-11(16-12)15-8-13(17)6-7-19-9(13)2/h4-5,9,17H,3,6-8,14H2,1-2H3,(H,15,16). The van der Waals surface area contributed by atoms with Gasteiger partial charge >= 0.3 is 0 Å². The van der Waals surface area contributed by atoms with Gasteiger partial charge in [0.05, 0.1) is 18.4 Å². The number of hydrogen-bond donors (Lipinski definition) is 3. The number of aliphatic hydroxyl groups is 1. The number of anilines is 2. The van der Waals surface area contributed by atoms with Crippen molar-refractivity contribution < 1.29 is 14.6 Å². The van der Waals surface area contributed by atoms with Gasteiger partial charge in [0.2, 0.25) is 5.88 Å². The molecule has 0 spiro atoms. The fraction of sp³-hybridized carbons (Fsp3) is 0.615. The maximum absolute atomic E-state index is 10.4. The largest absolute Gasteiger partial charge is 0.476 e. The van der Waals surface area contributed by atoms with Crippen LogP contribution in [0.4, 0.5) is 11.5 Å². The summed E-state index contributed by atoms with van der Waals surface area (Å²) in [7, 11) is 0. The minimum absolute atomic E-state index is 0.180. The first-order chi connectivity index (χ1) is 9.05. The molecule has 19 heavy (non-hydrogen) atoms. The zero-order valence-electron chi connectivity index (χ0n) is 11.3. The highest BCUT2D eigenvalue weighted by Gasteiger charge is 2.39. The van der Waals surface area contributed by atoms with Gasteiger partial charge < -0.3 is 25.6 Å². The summed E-state index contributed by atoms with van der Waals surface area (Å²) < 4.78 is 10.7. The van der Waals surface area contributed by atoms with Crippen LogP contribution in [-0.2, 0) is 4.74 Å². The van der Waals surface area contributed by atoms with Gasteiger partial charge in [-0.3, -0.25) is 0 Å². The number of aromatic nitrogens is 1. The zero-order valence-corrected chi connectivity index (χ0v) is 11.3. The van der Waals surface area contributed by atoms with Crippen molar-refractivity contribution in [2.24, 2.45) is 0 Å². The molecule has 0 aromatic carbocycles. The first-order valence-corrected chi connectivity index (χ1v) is 6.52. The molecule has 2 atom stereocenters. The molecule has 1 aromatic heterocycles. The van der Waals surface area contributed by atoms with E-state index in [4.69, 9.17) is 15.2 Å². The highest BCUT2D eigenvalue weighted by atomic mass is 16.5. The first kappa shape index (κ1) is 13.9. The topological polar surface area (TPSA) is 89.6 Å². The lowest BCUT2D eigenvalue weighted by molar-refractivity contribution is -0.0176. The van der Waals surface area contributed by atoms with Gasteiger partial charge in [0, 0.05) is 19.6 Å². The van der Waals surface area contributed by atoms with E-state index in [-0.39, 0.29) is 6.10 Å². The molecule has 0 aliphatic carbocycles. The van der Waals surface area contributed by atoms with Gasteiger partial charge in [0.15, 0.2) is 0 Å². The minimum atomic E-state index is -0.852. The number of rotatable bonds is 5. The summed E-state index contributed by atoms with van der Waals surface area (Å²) in [6.45, 7) is 5.23. The van der Waals surface area contributed by atoms with Crippen LogP contribution >= 0.6 is 0 Å². The molecule has 6 nitrogen and oxygen atoms in total. The average Bonchev–Trinajstić information content (AvgIpc) is 2.71. The Bertz CT molecular complexity index is 441. The fourth-order valence-electron chi connectivity index (χ4n) is 2.05. The summed E-state index contributed by atoms with van der Waals surface area (Å²) in [5.74, 6) is 1.04. The van der Waals surface area contributed by atoms with E-state index in [9.17, 15) is 5.11 Å². The smallest absolute Gasteiger partial charge is 0.239 e. The Hall–Kier alpha value is -1.53. The van der Waals surface area contributed by atoms with Crippen molar-refractivity contribution >= 4 is 11.5 Å². The van der Waals surface area contributed by atoms with Gasteiger partial charge in [-0.1, -0.05) is 0 Å². The number of nitrogens with one attached hydrogen (secondary N) is 1. The van der Waals surface area contributed by atoms with E-state index >= 15 is 0 Å². The van der Waals surface area contributed by atoms with Crippen LogP contribution in [0, 0.1) is 0 Å². The highest BCUT2D eigenvalue weighted by molar-refractivity contribution is 5.53. The Morgan fingerprint density at radius 1 is 1.63 bits per heavy atom. The molecule has 106 valence electrons. The molecule has 1 aromatic rings. The molecule has 0 bridgehead atoms. The molecule has 6 heteroatoms. The maximum atomic E-state index is 10.4. The number of nitrogen functional groups attached to an aromatic ring is 1. The maximum Gasteiger partial charge on any atom is 0.239 e. The first-order valence-electron chi connectivity index (χ1n) is 6.52. The van der Waals surface area contributed by atoms with E-state index in [2.05, 4.69) is 10.3 Å². The quantitative estimate of drug-likeness (QED) is 0.738. The molecule has 1 fully saturated rings. The molecule has 2 unspecified atom stereocenters. The molecule has 1 aliphatic heterocycles. The van der Waals surface area contributed by atoms with Crippen LogP contribution in [-0.4, -0.2) is 41.6 Å². The number of nitrogens with zero attached hydrogens (tertiary/aromatic N) is 1. The van der Waals surface area contributed by atoms with E-state index in [1.807, 2.05) is 13.8 Å². The van der Waals surface area contributed by atoms with Gasteiger partial charge in [0.1, 0.15) is 11.4 Å². The lowest BCUT2D eigenvalue weighted by Crippen LogP contribution is -2.43. The lowest BCUT2D eigenvalue weighted by atomic mass is 9.97. The third kappa shape index (κ3) is 3.08. The molecular weight excluding hydrogens is 246 g/mol. The summed E-state index contributed by atoms with van der Waals surface area (Å²) in [5, 5.41) is 13.5. The van der Waals surface area contributed by atoms with Crippen molar-refractivity contribution in [1.82, 2.24) is 4.98 Å². The molecule has 1 aliphatic rings. The summed E-state index contributed by atoms with van der Waals surface area (Å²) in [4.78, 5) is 4.27. The van der Waals surface area contributed by atoms with Crippen molar-refractivity contribution in [3.05, 3.63) is 12.1 Å². The normalized spacial score (nSPS) is 26.4. The van der Waals surface area contributed by atoms with Crippen LogP contribution in [0.2, 0.25) is 0 Å². The molecule has 0 saturated carbocycles. The second-order valence-electron chi connectivity index (χ2n) is 4.74. The minimum Gasteiger partial charge on any atom is -0.476 e. The van der Waals surface area contributed by atoms with Crippen molar-refractivity contribution in [2.45, 2.75) is 32.0 Å². The molecular formula is C13H21N3O3. The third-order valence-corrected chi connectivity index (χ3v) is 3.41. The second-order valence-corrected chi connectivity index (χ2v) is 4.74. The predicted molar refractivity (Wildman–Crippen MR) is 73.3 cm³/mol. The van der Waals surface area contributed by atoms with Crippen LogP contribution in [0.15, 0.2) is 12.1 Å². The zero-order chi connectivity index (χ0) is 13.9. The Morgan fingerprint density at radius 2 is 2.42 bits per heavy atom. The van der Waals surface area contributed by atoms with Gasteiger partial charge in [-0.25, -0.2) is 0 Å². The number of nitrogens with two attached hydrogens (primary N) is 1. The highest BCUT2D eigenvalue weighted by Crippen LogP contribution is 2.27. The van der Waals surface area contributed by atoms with E-state index in [1.165, 1.54) is 0 Å². The SMILES string of the molecule is CCOc1nc(NCC2(O)CCOC2C)ccc1N. The molecule has 2 heterocycles. The van der Waals surface area contributed by atoms with E-state index < -0.39 is 5.60 Å². The van der Waals surface area contributed by atoms with Crippen LogP contribution in [0.3, 0.4) is 0 Å². The predicted octanol–water partition coefficient (Wildman–Crippen LogP) is 1.01. The Labute approximate surface area is 112 Å². The molecule has 0 amide bonds. The van der Waals surface area contributed by atoms with Crippen molar-refractivity contribution in [1.29, 1.82) is 0 Å². The van der Waals surface area contributed by atoms with Crippen molar-refractivity contribution in [2.75, 3.05) is 30.8 Å². The average molecular weight is 267 g/mol. The van der Waals surface area contributed by atoms with E-state index in [0.717, 1.165) is 0 Å². The van der Waals surface area contributed by atoms with Crippen LogP contribution < -0.4 is 15.8 Å². The van der Waals surface area contributed by atoms with Gasteiger partial charge in [-0.15, -0.1) is 0 Å². The van der Waals surface area contributed by atoms with Crippen LogP contribution in [0.5, 0.6) is 5.88 Å². The fourth-order valence-corrected chi connectivity index (χ4v) is 2.05. The van der Waals surface area contributed by atoms with E-state index in [0.29, 0.717) is 43.6 Å². The molecule has 0 radical (unpaired) electrons. The number of ether oxygens (including phenoxy) is 2. The molecule has 1 saturated heterocycles. The van der Waals surface area contributed by atoms with Gasteiger partial charge in [0.25, 0.3) is 0 Å². The third-order valence-electron chi connectivity index (χ3n) is 3.41. The summed E-state index contributed by atoms with van der Waals surface area (Å²) >= 11 is 0. The Kier molecular flexibility index (Phi) is 4.11. The lowest BCUT2D eigenvalue weighted by Gasteiger charge is -2.26. The molecule has 2 rings (SSSR count). The van der Waals surface area contributed by atoms with E-state index in [1.54, 1.807) is 12.1 Å². The van der Waals surface area contributed by atoms with Crippen LogP contribution in [0.25, 0.3) is 0 Å². The van der Waals surface area contributed by atoms with Gasteiger partial charge in [-0.05, 0) is 26.0 Å². The summed E-state index contributed by atoms with van der Waals surface area (Å²) in [6, 6.07) is 3.50. The monoisotopic (exact) mass is 267 g/mol. The van der Waals surface area contributed by atoms with Crippen molar-refractivity contribution in [3.63, 3.8) is 0 Å². The second kappa shape index (κ2) is 5.63. The summed E-state index contributed by atoms with van der Waals surface area (Å²) in [6.07, 6.45) is 0.439. The Balaban J connectivity index is 2.01. The summed E-state index contributed by atoms with van der Waals surface area (Å²) in [5.41, 5.74) is 5.41. The Morgan fingerprint density at radius 3 is 3.05 bits per heavy atom. The number of hydrogen-bond acceptors (Lipinski definition) is 6. The van der Waals surface area contributed by atoms with Crippen LogP contribution in [0.1, 0.15) is 20.3 Å². The molecule has 4 N–H and O–H groups in total. The van der Waals surface area contributed by atoms with Crippen molar-refractivity contribution in [3.8, 4) is 5.88 Å².